The van der Waals surface area contributed by atoms with E-state index in [9.17, 15) is 14.4 Å². The third kappa shape index (κ3) is 2.54. The van der Waals surface area contributed by atoms with E-state index in [1.807, 2.05) is 12.1 Å². The maximum absolute atomic E-state index is 12.7. The molecule has 0 spiro atoms. The van der Waals surface area contributed by atoms with E-state index >= 15 is 0 Å². The monoisotopic (exact) mass is 328 g/mol. The Kier molecular flexibility index (Phi) is 3.72. The van der Waals surface area contributed by atoms with Gasteiger partial charge in [-0.15, -0.1) is 0 Å². The van der Waals surface area contributed by atoms with Crippen LogP contribution in [0.5, 0.6) is 0 Å². The Labute approximate surface area is 139 Å². The smallest absolute Gasteiger partial charge is 0.255 e. The lowest BCUT2D eigenvalue weighted by Gasteiger charge is -2.29. The summed E-state index contributed by atoms with van der Waals surface area (Å²) >= 11 is 0. The number of nitrogens with one attached hydrogen (secondary N) is 3. The molecular formula is C17H20N4O3. The largest absolute Gasteiger partial charge is 0.384 e. The van der Waals surface area contributed by atoms with Gasteiger partial charge in [0.1, 0.15) is 6.04 Å². The van der Waals surface area contributed by atoms with Gasteiger partial charge in [-0.1, -0.05) is 6.07 Å². The van der Waals surface area contributed by atoms with E-state index in [1.165, 1.54) is 0 Å². The Balaban J connectivity index is 1.53. The minimum Gasteiger partial charge on any atom is -0.384 e. The first-order valence-electron chi connectivity index (χ1n) is 8.34. The molecule has 0 radical (unpaired) electrons. The van der Waals surface area contributed by atoms with E-state index in [2.05, 4.69) is 16.0 Å². The number of rotatable bonds is 4. The van der Waals surface area contributed by atoms with E-state index in [1.54, 1.807) is 11.0 Å². The number of fused-ring (bicyclic) bond motifs is 1. The lowest BCUT2D eigenvalue weighted by Crippen LogP contribution is -2.52. The molecule has 1 aromatic rings. The number of carbonyl (C=O) groups is 3. The Hall–Kier alpha value is -2.41. The number of anilines is 1. The summed E-state index contributed by atoms with van der Waals surface area (Å²) in [5.41, 5.74) is 2.55. The molecular weight excluding hydrogens is 308 g/mol. The molecule has 3 aliphatic rings. The van der Waals surface area contributed by atoms with Crippen LogP contribution in [-0.4, -0.2) is 48.3 Å². The van der Waals surface area contributed by atoms with E-state index < -0.39 is 6.04 Å². The topological polar surface area (TPSA) is 90.5 Å². The number of amides is 3. The van der Waals surface area contributed by atoms with E-state index in [4.69, 9.17) is 0 Å². The number of nitrogens with zero attached hydrogens (tertiary/aromatic N) is 1. The third-order valence-corrected chi connectivity index (χ3v) is 5.03. The quantitative estimate of drug-likeness (QED) is 0.681. The molecule has 126 valence electrons. The highest BCUT2D eigenvalue weighted by Crippen LogP contribution is 2.32. The first kappa shape index (κ1) is 15.1. The average molecular weight is 328 g/mol. The third-order valence-electron chi connectivity index (χ3n) is 5.03. The average Bonchev–Trinajstić information content (AvgIpc) is 2.84. The zero-order valence-corrected chi connectivity index (χ0v) is 13.3. The number of benzene rings is 1. The van der Waals surface area contributed by atoms with Crippen LogP contribution in [0.15, 0.2) is 18.2 Å². The normalized spacial score (nSPS) is 23.8. The predicted molar refractivity (Wildman–Crippen MR) is 87.3 cm³/mol. The van der Waals surface area contributed by atoms with Crippen molar-refractivity contribution in [3.8, 4) is 0 Å². The van der Waals surface area contributed by atoms with Crippen LogP contribution in [-0.2, 0) is 16.1 Å². The fourth-order valence-electron chi connectivity index (χ4n) is 3.50. The lowest BCUT2D eigenvalue weighted by atomic mass is 10.0. The van der Waals surface area contributed by atoms with Crippen molar-refractivity contribution in [2.45, 2.75) is 25.4 Å². The Bertz CT molecular complexity index is 714. The highest BCUT2D eigenvalue weighted by molar-refractivity contribution is 6.06. The Morgan fingerprint density at radius 3 is 2.75 bits per heavy atom. The fraction of sp³-hybridized carbons (Fsp3) is 0.471. The van der Waals surface area contributed by atoms with E-state index in [0.717, 1.165) is 30.9 Å². The molecule has 0 aliphatic carbocycles. The molecule has 7 nitrogen and oxygen atoms in total. The van der Waals surface area contributed by atoms with Crippen molar-refractivity contribution in [2.24, 2.45) is 5.92 Å². The van der Waals surface area contributed by atoms with E-state index in [0.29, 0.717) is 24.4 Å². The molecule has 0 aromatic heterocycles. The van der Waals surface area contributed by atoms with Gasteiger partial charge in [0.2, 0.25) is 11.8 Å². The Morgan fingerprint density at radius 2 is 2.04 bits per heavy atom. The van der Waals surface area contributed by atoms with Gasteiger partial charge in [0.05, 0.1) is 0 Å². The van der Waals surface area contributed by atoms with Gasteiger partial charge in [0.25, 0.3) is 5.91 Å². The van der Waals surface area contributed by atoms with Crippen LogP contribution < -0.4 is 16.0 Å². The number of imide groups is 1. The Morgan fingerprint density at radius 1 is 1.21 bits per heavy atom. The number of piperidine rings is 1. The molecule has 7 heteroatoms. The summed E-state index contributed by atoms with van der Waals surface area (Å²) in [6, 6.07) is 5.09. The summed E-state index contributed by atoms with van der Waals surface area (Å²) in [5, 5.41) is 9.01. The summed E-state index contributed by atoms with van der Waals surface area (Å²) in [5.74, 6) is -0.156. The van der Waals surface area contributed by atoms with Crippen molar-refractivity contribution in [1.82, 2.24) is 15.5 Å². The molecule has 1 unspecified atom stereocenters. The van der Waals surface area contributed by atoms with Gasteiger partial charge in [-0.05, 0) is 18.6 Å². The summed E-state index contributed by atoms with van der Waals surface area (Å²) in [6.45, 7) is 3.31. The molecule has 0 bridgehead atoms. The zero-order chi connectivity index (χ0) is 16.7. The molecule has 3 aliphatic heterocycles. The number of hydrogen-bond donors (Lipinski definition) is 3. The van der Waals surface area contributed by atoms with Crippen molar-refractivity contribution in [2.75, 3.05) is 25.0 Å². The highest BCUT2D eigenvalue weighted by Gasteiger charge is 2.39. The van der Waals surface area contributed by atoms with Crippen LogP contribution in [0, 0.1) is 5.92 Å². The molecule has 1 atom stereocenters. The van der Waals surface area contributed by atoms with Gasteiger partial charge in [-0.3, -0.25) is 19.7 Å². The summed E-state index contributed by atoms with van der Waals surface area (Å²) < 4.78 is 0. The second kappa shape index (κ2) is 5.90. The van der Waals surface area contributed by atoms with Crippen LogP contribution in [0.25, 0.3) is 0 Å². The van der Waals surface area contributed by atoms with Crippen molar-refractivity contribution in [3.05, 3.63) is 29.3 Å². The van der Waals surface area contributed by atoms with Crippen molar-refractivity contribution in [1.29, 1.82) is 0 Å². The van der Waals surface area contributed by atoms with Gasteiger partial charge in [-0.25, -0.2) is 0 Å². The van der Waals surface area contributed by atoms with Gasteiger partial charge >= 0.3 is 0 Å². The molecule has 24 heavy (non-hydrogen) atoms. The SMILES string of the molecule is O=C1CCC(N2Cc3c(NCC4CNC4)cccc3C2=O)C(=O)N1. The summed E-state index contributed by atoms with van der Waals surface area (Å²) in [4.78, 5) is 37.7. The fourth-order valence-corrected chi connectivity index (χ4v) is 3.50. The van der Waals surface area contributed by atoms with Crippen molar-refractivity contribution < 1.29 is 14.4 Å². The van der Waals surface area contributed by atoms with Gasteiger partial charge < -0.3 is 15.5 Å². The van der Waals surface area contributed by atoms with Crippen LogP contribution >= 0.6 is 0 Å². The second-order valence-corrected chi connectivity index (χ2v) is 6.64. The molecule has 1 aromatic carbocycles. The molecule has 4 rings (SSSR count). The molecule has 3 heterocycles. The molecule has 0 saturated carbocycles. The van der Waals surface area contributed by atoms with Crippen molar-refractivity contribution >= 4 is 23.4 Å². The summed E-state index contributed by atoms with van der Waals surface area (Å²) in [6.07, 6.45) is 0.664. The maximum Gasteiger partial charge on any atom is 0.255 e. The van der Waals surface area contributed by atoms with Crippen LogP contribution in [0.2, 0.25) is 0 Å². The number of hydrogen-bond acceptors (Lipinski definition) is 5. The van der Waals surface area contributed by atoms with Crippen LogP contribution in [0.4, 0.5) is 5.69 Å². The first-order valence-corrected chi connectivity index (χ1v) is 8.34. The maximum atomic E-state index is 12.7. The number of carbonyl (C=O) groups excluding carboxylic acids is 3. The highest BCUT2D eigenvalue weighted by atomic mass is 16.2. The lowest BCUT2D eigenvalue weighted by molar-refractivity contribution is -0.136. The summed E-state index contributed by atoms with van der Waals surface area (Å²) in [7, 11) is 0. The zero-order valence-electron chi connectivity index (χ0n) is 13.3. The van der Waals surface area contributed by atoms with Crippen molar-refractivity contribution in [3.63, 3.8) is 0 Å². The van der Waals surface area contributed by atoms with Gasteiger partial charge in [0, 0.05) is 55.3 Å². The van der Waals surface area contributed by atoms with Crippen LogP contribution in [0.1, 0.15) is 28.8 Å². The standard InChI is InChI=1S/C17H20N4O3/c22-15-5-4-14(16(23)20-15)21-9-12-11(17(21)24)2-1-3-13(12)19-8-10-6-18-7-10/h1-3,10,14,18-19H,4-9H2,(H,20,22,23). The van der Waals surface area contributed by atoms with E-state index in [-0.39, 0.29) is 24.1 Å². The second-order valence-electron chi connectivity index (χ2n) is 6.64. The minimum absolute atomic E-state index is 0.131. The molecule has 3 N–H and O–H groups in total. The molecule has 2 fully saturated rings. The molecule has 2 saturated heterocycles. The predicted octanol–water partition coefficient (Wildman–Crippen LogP) is 0.0789. The van der Waals surface area contributed by atoms with Gasteiger partial charge in [-0.2, -0.15) is 0 Å². The van der Waals surface area contributed by atoms with Crippen LogP contribution in [0.3, 0.4) is 0 Å². The molecule has 3 amide bonds. The van der Waals surface area contributed by atoms with Gasteiger partial charge in [0.15, 0.2) is 0 Å². The first-order chi connectivity index (χ1) is 11.6. The minimum atomic E-state index is -0.564.